The highest BCUT2D eigenvalue weighted by atomic mass is 35.5. The number of benzene rings is 2. The first-order valence-corrected chi connectivity index (χ1v) is 8.80. The average molecular weight is 361 g/mol. The van der Waals surface area contributed by atoms with Crippen LogP contribution in [-0.2, 0) is 0 Å². The normalized spacial score (nSPS) is 18.8. The van der Waals surface area contributed by atoms with E-state index in [1.165, 1.54) is 4.90 Å². The van der Waals surface area contributed by atoms with Gasteiger partial charge in [-0.1, -0.05) is 42.5 Å². The lowest BCUT2D eigenvalue weighted by Crippen LogP contribution is -2.51. The predicted molar refractivity (Wildman–Crippen MR) is 98.1 cm³/mol. The molecule has 3 rings (SSSR count). The van der Waals surface area contributed by atoms with Crippen molar-refractivity contribution in [3.05, 3.63) is 48.0 Å². The van der Waals surface area contributed by atoms with Gasteiger partial charge in [0.2, 0.25) is 0 Å². The number of likely N-dealkylation sites (tertiary alicyclic amines) is 1. The number of carbonyl (C=O) groups excluding carboxylic acids is 1. The molecule has 0 radical (unpaired) electrons. The van der Waals surface area contributed by atoms with E-state index in [0.29, 0.717) is 13.1 Å². The van der Waals surface area contributed by atoms with E-state index in [4.69, 9.17) is 11.6 Å². The second-order valence-corrected chi connectivity index (χ2v) is 6.75. The lowest BCUT2D eigenvalue weighted by atomic mass is 9.96. The van der Waals surface area contributed by atoms with Gasteiger partial charge >= 0.3 is 11.5 Å². The number of hydrogen-bond acceptors (Lipinski definition) is 2. The van der Waals surface area contributed by atoms with Crippen molar-refractivity contribution in [2.24, 2.45) is 0 Å². The molecule has 0 spiro atoms. The zero-order chi connectivity index (χ0) is 18.0. The molecule has 0 aliphatic carbocycles. The fraction of sp³-hybridized carbons (Fsp3) is 0.368. The van der Waals surface area contributed by atoms with Crippen molar-refractivity contribution >= 4 is 33.8 Å². The molecule has 1 aliphatic rings. The third kappa shape index (κ3) is 3.56. The number of fused-ring (bicyclic) bond motifs is 1. The molecule has 1 fully saturated rings. The van der Waals surface area contributed by atoms with Crippen molar-refractivity contribution in [3.63, 3.8) is 0 Å². The lowest BCUT2D eigenvalue weighted by Gasteiger charge is -2.40. The van der Waals surface area contributed by atoms with Crippen molar-refractivity contribution in [3.8, 4) is 0 Å². The summed E-state index contributed by atoms with van der Waals surface area (Å²) in [5.41, 5.74) is 1.01. The third-order valence-corrected chi connectivity index (χ3v) is 5.15. The minimum atomic E-state index is -0.954. The maximum atomic E-state index is 12.2. The van der Waals surface area contributed by atoms with E-state index < -0.39 is 11.5 Å². The highest BCUT2D eigenvalue weighted by molar-refractivity contribution is 6.62. The van der Waals surface area contributed by atoms with Gasteiger partial charge in [-0.15, -0.1) is 0 Å². The minimum Gasteiger partial charge on any atom is -0.465 e. The van der Waals surface area contributed by atoms with Gasteiger partial charge in [0, 0.05) is 13.1 Å². The van der Waals surface area contributed by atoms with Gasteiger partial charge in [0.1, 0.15) is 0 Å². The third-order valence-electron chi connectivity index (χ3n) is 4.95. The van der Waals surface area contributed by atoms with Crippen LogP contribution in [0.2, 0.25) is 0 Å². The molecule has 0 unspecified atom stereocenters. The monoisotopic (exact) mass is 360 g/mol. The van der Waals surface area contributed by atoms with E-state index in [2.05, 4.69) is 0 Å². The zero-order valence-corrected chi connectivity index (χ0v) is 14.8. The van der Waals surface area contributed by atoms with Crippen LogP contribution < -0.4 is 0 Å². The first kappa shape index (κ1) is 17.5. The van der Waals surface area contributed by atoms with Crippen LogP contribution in [0.4, 0.5) is 9.59 Å². The number of carbonyl (C=O) groups is 2. The van der Waals surface area contributed by atoms with Crippen molar-refractivity contribution in [2.45, 2.75) is 31.8 Å². The van der Waals surface area contributed by atoms with E-state index in [1.54, 1.807) is 4.90 Å². The molecule has 132 valence electrons. The van der Waals surface area contributed by atoms with Crippen LogP contribution in [0, 0.1) is 0 Å². The molecule has 25 heavy (non-hydrogen) atoms. The molecule has 1 saturated heterocycles. The number of carboxylic acid groups (broad SMARTS) is 1. The largest absolute Gasteiger partial charge is 0.465 e. The first-order chi connectivity index (χ1) is 12.0. The standard InChI is InChI=1S/C19H21ClN2O3/c1-13(16-10-4-7-14-6-2-3-9-17(14)16)22(18(20)23)15-8-5-11-21(12-15)19(24)25/h2-4,6-7,9-10,13,15H,5,8,11-12H2,1H3,(H,24,25)/t13-,15-/m1/s1. The fourth-order valence-corrected chi connectivity index (χ4v) is 4.02. The number of halogens is 1. The highest BCUT2D eigenvalue weighted by Crippen LogP contribution is 2.32. The van der Waals surface area contributed by atoms with E-state index in [9.17, 15) is 14.7 Å². The van der Waals surface area contributed by atoms with E-state index >= 15 is 0 Å². The van der Waals surface area contributed by atoms with Gasteiger partial charge in [-0.2, -0.15) is 0 Å². The Bertz CT molecular complexity index is 790. The summed E-state index contributed by atoms with van der Waals surface area (Å²) in [6.07, 6.45) is 0.515. The van der Waals surface area contributed by atoms with Crippen LogP contribution in [0.3, 0.4) is 0 Å². The van der Waals surface area contributed by atoms with Gasteiger partial charge in [0.25, 0.3) is 0 Å². The van der Waals surface area contributed by atoms with Gasteiger partial charge < -0.3 is 14.9 Å². The topological polar surface area (TPSA) is 60.9 Å². The van der Waals surface area contributed by atoms with Crippen LogP contribution in [0.15, 0.2) is 42.5 Å². The number of rotatable bonds is 3. The van der Waals surface area contributed by atoms with Crippen LogP contribution in [-0.4, -0.2) is 45.5 Å². The predicted octanol–water partition coefficient (Wildman–Crippen LogP) is 4.70. The quantitative estimate of drug-likeness (QED) is 0.637. The summed E-state index contributed by atoms with van der Waals surface area (Å²) >= 11 is 5.92. The molecular weight excluding hydrogens is 340 g/mol. The maximum Gasteiger partial charge on any atom is 0.407 e. The van der Waals surface area contributed by atoms with Crippen LogP contribution >= 0.6 is 11.6 Å². The molecule has 0 aromatic heterocycles. The van der Waals surface area contributed by atoms with Crippen LogP contribution in [0.25, 0.3) is 10.8 Å². The lowest BCUT2D eigenvalue weighted by molar-refractivity contribution is 0.0895. The Morgan fingerprint density at radius 2 is 1.96 bits per heavy atom. The average Bonchev–Trinajstić information content (AvgIpc) is 2.61. The second kappa shape index (κ2) is 7.31. The van der Waals surface area contributed by atoms with Gasteiger partial charge in [-0.05, 0) is 47.7 Å². The summed E-state index contributed by atoms with van der Waals surface area (Å²) in [7, 11) is 0. The molecule has 2 amide bonds. The summed E-state index contributed by atoms with van der Waals surface area (Å²) in [5.74, 6) is 0. The Morgan fingerprint density at radius 3 is 2.68 bits per heavy atom. The molecule has 1 N–H and O–H groups in total. The second-order valence-electron chi connectivity index (χ2n) is 6.43. The van der Waals surface area contributed by atoms with Gasteiger partial charge in [-0.3, -0.25) is 4.79 Å². The summed E-state index contributed by atoms with van der Waals surface area (Å²) in [5, 5.41) is 10.9. The molecule has 2 aromatic rings. The smallest absolute Gasteiger partial charge is 0.407 e. The Balaban J connectivity index is 1.94. The highest BCUT2D eigenvalue weighted by Gasteiger charge is 2.33. The first-order valence-electron chi connectivity index (χ1n) is 8.42. The summed E-state index contributed by atoms with van der Waals surface area (Å²) < 4.78 is 0. The van der Waals surface area contributed by atoms with Gasteiger partial charge in [-0.25, -0.2) is 4.79 Å². The molecule has 2 aromatic carbocycles. The number of hydrogen-bond donors (Lipinski definition) is 1. The Labute approximate surface area is 151 Å². The molecule has 0 saturated carbocycles. The summed E-state index contributed by atoms with van der Waals surface area (Å²) in [4.78, 5) is 26.5. The summed E-state index contributed by atoms with van der Waals surface area (Å²) in [6.45, 7) is 2.74. The van der Waals surface area contributed by atoms with Crippen molar-refractivity contribution in [1.29, 1.82) is 0 Å². The fourth-order valence-electron chi connectivity index (χ4n) is 3.73. The SMILES string of the molecule is C[C@H](c1cccc2ccccc12)N(C(=O)Cl)[C@@H]1CCCN(C(=O)O)C1. The molecule has 6 heteroatoms. The van der Waals surface area contributed by atoms with Crippen molar-refractivity contribution in [2.75, 3.05) is 13.1 Å². The number of amides is 2. The Hall–Kier alpha value is -2.27. The molecule has 2 atom stereocenters. The van der Waals surface area contributed by atoms with E-state index in [1.807, 2.05) is 49.4 Å². The molecule has 1 heterocycles. The maximum absolute atomic E-state index is 12.2. The number of nitrogens with zero attached hydrogens (tertiary/aromatic N) is 2. The summed E-state index contributed by atoms with van der Waals surface area (Å²) in [6, 6.07) is 13.6. The molecule has 0 bridgehead atoms. The Kier molecular flexibility index (Phi) is 5.13. The molecular formula is C19H21ClN2O3. The van der Waals surface area contributed by atoms with Crippen molar-refractivity contribution in [1.82, 2.24) is 9.80 Å². The van der Waals surface area contributed by atoms with Crippen LogP contribution in [0.5, 0.6) is 0 Å². The van der Waals surface area contributed by atoms with Gasteiger partial charge in [0.15, 0.2) is 0 Å². The Morgan fingerprint density at radius 1 is 1.24 bits per heavy atom. The van der Waals surface area contributed by atoms with Gasteiger partial charge in [0.05, 0.1) is 12.1 Å². The van der Waals surface area contributed by atoms with E-state index in [0.717, 1.165) is 29.2 Å². The van der Waals surface area contributed by atoms with Crippen molar-refractivity contribution < 1.29 is 14.7 Å². The molecule has 1 aliphatic heterocycles. The van der Waals surface area contributed by atoms with Crippen LogP contribution in [0.1, 0.15) is 31.4 Å². The number of piperidine rings is 1. The zero-order valence-electron chi connectivity index (χ0n) is 14.1. The minimum absolute atomic E-state index is 0.219. The molecule has 5 nitrogen and oxygen atoms in total. The van der Waals surface area contributed by atoms with E-state index in [-0.39, 0.29) is 12.1 Å².